The Balaban J connectivity index is 2.04. The van der Waals surface area contributed by atoms with E-state index < -0.39 is 46.2 Å². The molecule has 0 aromatic heterocycles. The van der Waals surface area contributed by atoms with Crippen molar-refractivity contribution in [3.63, 3.8) is 0 Å². The molecular formula is C19H18F3N3O6. The summed E-state index contributed by atoms with van der Waals surface area (Å²) in [5.41, 5.74) is -0.751. The van der Waals surface area contributed by atoms with E-state index in [1.165, 1.54) is 12.1 Å². The molecular weight excluding hydrogens is 423 g/mol. The second-order valence-electron chi connectivity index (χ2n) is 6.13. The highest BCUT2D eigenvalue weighted by Crippen LogP contribution is 2.35. The normalized spacial score (nSPS) is 10.5. The van der Waals surface area contributed by atoms with Crippen LogP contribution < -0.4 is 20.1 Å². The second kappa shape index (κ2) is 10.3. The molecule has 0 aliphatic rings. The molecule has 0 saturated carbocycles. The van der Waals surface area contributed by atoms with Crippen molar-refractivity contribution in [2.24, 2.45) is 0 Å². The van der Waals surface area contributed by atoms with Gasteiger partial charge in [0.25, 0.3) is 17.5 Å². The smallest absolute Gasteiger partial charge is 0.387 e. The van der Waals surface area contributed by atoms with Gasteiger partial charge < -0.3 is 20.1 Å². The quantitative estimate of drug-likeness (QED) is 0.351. The molecule has 2 N–H and O–H groups in total. The van der Waals surface area contributed by atoms with Crippen LogP contribution >= 0.6 is 0 Å². The molecule has 0 aliphatic carbocycles. The zero-order chi connectivity index (χ0) is 23.1. The number of halogens is 3. The summed E-state index contributed by atoms with van der Waals surface area (Å²) >= 11 is 0. The van der Waals surface area contributed by atoms with Crippen LogP contribution in [-0.2, 0) is 0 Å². The van der Waals surface area contributed by atoms with E-state index in [4.69, 9.17) is 4.74 Å². The summed E-state index contributed by atoms with van der Waals surface area (Å²) in [5.74, 6) is -2.91. The minimum Gasteiger partial charge on any atom is -0.493 e. The first-order valence-corrected chi connectivity index (χ1v) is 8.77. The zero-order valence-electron chi connectivity index (χ0n) is 16.4. The first-order valence-electron chi connectivity index (χ1n) is 8.77. The van der Waals surface area contributed by atoms with Gasteiger partial charge in [-0.25, -0.2) is 4.39 Å². The molecule has 0 atom stereocenters. The number of benzene rings is 2. The van der Waals surface area contributed by atoms with Gasteiger partial charge in [0.15, 0.2) is 11.5 Å². The molecule has 0 heterocycles. The molecule has 9 nitrogen and oxygen atoms in total. The summed E-state index contributed by atoms with van der Waals surface area (Å²) in [4.78, 5) is 34.7. The third kappa shape index (κ3) is 6.07. The number of carbonyl (C=O) groups excluding carboxylic acids is 2. The van der Waals surface area contributed by atoms with Crippen LogP contribution in [0.25, 0.3) is 0 Å². The predicted molar refractivity (Wildman–Crippen MR) is 102 cm³/mol. The minimum absolute atomic E-state index is 0.0580. The van der Waals surface area contributed by atoms with Crippen molar-refractivity contribution in [1.29, 1.82) is 0 Å². The van der Waals surface area contributed by atoms with Crippen LogP contribution in [0, 0.1) is 22.9 Å². The van der Waals surface area contributed by atoms with Gasteiger partial charge in [-0.05, 0) is 24.6 Å². The van der Waals surface area contributed by atoms with Crippen molar-refractivity contribution in [2.45, 2.75) is 13.5 Å². The van der Waals surface area contributed by atoms with Gasteiger partial charge in [-0.15, -0.1) is 0 Å². The van der Waals surface area contributed by atoms with E-state index in [0.29, 0.717) is 11.6 Å². The fraction of sp³-hybridized carbons (Fsp3) is 0.263. The topological polar surface area (TPSA) is 120 Å². The molecule has 2 rings (SSSR count). The third-order valence-corrected chi connectivity index (χ3v) is 4.07. The number of nitrogens with zero attached hydrogens (tertiary/aromatic N) is 1. The number of hydrogen-bond donors (Lipinski definition) is 2. The van der Waals surface area contributed by atoms with E-state index in [0.717, 1.165) is 19.2 Å². The Morgan fingerprint density at radius 2 is 1.74 bits per heavy atom. The number of methoxy groups -OCH3 is 1. The number of nitro benzene ring substituents is 1. The van der Waals surface area contributed by atoms with Crippen LogP contribution in [0.1, 0.15) is 26.3 Å². The fourth-order valence-corrected chi connectivity index (χ4v) is 2.51. The molecule has 0 unspecified atom stereocenters. The van der Waals surface area contributed by atoms with Gasteiger partial charge >= 0.3 is 6.61 Å². The molecule has 0 saturated heterocycles. The van der Waals surface area contributed by atoms with Crippen LogP contribution in [0.4, 0.5) is 18.9 Å². The number of nitro groups is 1. The van der Waals surface area contributed by atoms with Crippen LogP contribution in [0.15, 0.2) is 30.3 Å². The average molecular weight is 441 g/mol. The fourth-order valence-electron chi connectivity index (χ4n) is 2.51. The Labute approximate surface area is 174 Å². The molecule has 0 spiro atoms. The molecule has 0 bridgehead atoms. The van der Waals surface area contributed by atoms with Crippen molar-refractivity contribution in [3.05, 3.63) is 63.0 Å². The lowest BCUT2D eigenvalue weighted by Gasteiger charge is -2.12. The number of carbonyl (C=O) groups is 2. The Morgan fingerprint density at radius 1 is 1.10 bits per heavy atom. The van der Waals surface area contributed by atoms with Gasteiger partial charge in [0, 0.05) is 24.7 Å². The van der Waals surface area contributed by atoms with E-state index in [2.05, 4.69) is 15.4 Å². The van der Waals surface area contributed by atoms with Crippen LogP contribution in [0.5, 0.6) is 11.5 Å². The number of rotatable bonds is 9. The first kappa shape index (κ1) is 23.4. The monoisotopic (exact) mass is 441 g/mol. The van der Waals surface area contributed by atoms with Gasteiger partial charge in [-0.1, -0.05) is 6.07 Å². The van der Waals surface area contributed by atoms with Crippen molar-refractivity contribution in [2.75, 3.05) is 20.2 Å². The van der Waals surface area contributed by atoms with Gasteiger partial charge in [-0.3, -0.25) is 19.7 Å². The van der Waals surface area contributed by atoms with E-state index in [-0.39, 0.29) is 24.4 Å². The summed E-state index contributed by atoms with van der Waals surface area (Å²) < 4.78 is 47.5. The lowest BCUT2D eigenvalue weighted by molar-refractivity contribution is -0.385. The highest BCUT2D eigenvalue weighted by atomic mass is 19.3. The molecule has 0 aliphatic heterocycles. The largest absolute Gasteiger partial charge is 0.493 e. The number of aryl methyl sites for hydroxylation is 1. The standard InChI is InChI=1S/C19H18F3N3O6/c1-10-3-4-11(7-13(10)20)17(26)23-5-6-24-18(27)12-8-15(30-2)16(31-19(21)22)9-14(12)25(28)29/h3-4,7-9,19H,5-6H2,1-2H3,(H,23,26)(H,24,27). The average Bonchev–Trinajstić information content (AvgIpc) is 2.71. The lowest BCUT2D eigenvalue weighted by atomic mass is 10.1. The van der Waals surface area contributed by atoms with Gasteiger partial charge in [0.1, 0.15) is 11.4 Å². The van der Waals surface area contributed by atoms with Gasteiger partial charge in [-0.2, -0.15) is 8.78 Å². The molecule has 31 heavy (non-hydrogen) atoms. The molecule has 2 amide bonds. The highest BCUT2D eigenvalue weighted by molar-refractivity contribution is 5.99. The molecule has 166 valence electrons. The molecule has 0 fully saturated rings. The summed E-state index contributed by atoms with van der Waals surface area (Å²) in [6, 6.07) is 5.51. The van der Waals surface area contributed by atoms with Crippen LogP contribution in [0.3, 0.4) is 0 Å². The van der Waals surface area contributed by atoms with Crippen molar-refractivity contribution in [1.82, 2.24) is 10.6 Å². The van der Waals surface area contributed by atoms with Crippen molar-refractivity contribution >= 4 is 17.5 Å². The highest BCUT2D eigenvalue weighted by Gasteiger charge is 2.25. The zero-order valence-corrected chi connectivity index (χ0v) is 16.4. The maximum atomic E-state index is 13.5. The summed E-state index contributed by atoms with van der Waals surface area (Å²) in [5, 5.41) is 16.1. The Bertz CT molecular complexity index is 1000. The van der Waals surface area contributed by atoms with E-state index in [1.807, 2.05) is 0 Å². The Morgan fingerprint density at radius 3 is 2.29 bits per heavy atom. The Kier molecular flexibility index (Phi) is 7.77. The van der Waals surface area contributed by atoms with Crippen molar-refractivity contribution in [3.8, 4) is 11.5 Å². The number of nitrogens with one attached hydrogen (secondary N) is 2. The number of ether oxygens (including phenoxy) is 2. The van der Waals surface area contributed by atoms with E-state index in [1.54, 1.807) is 6.92 Å². The summed E-state index contributed by atoms with van der Waals surface area (Å²) in [6.07, 6.45) is 0. The predicted octanol–water partition coefficient (Wildman–Crippen LogP) is 2.81. The second-order valence-corrected chi connectivity index (χ2v) is 6.13. The molecule has 12 heteroatoms. The maximum absolute atomic E-state index is 13.5. The summed E-state index contributed by atoms with van der Waals surface area (Å²) in [6.45, 7) is -1.88. The van der Waals surface area contributed by atoms with E-state index in [9.17, 15) is 32.9 Å². The van der Waals surface area contributed by atoms with Crippen LogP contribution in [0.2, 0.25) is 0 Å². The number of amides is 2. The SMILES string of the molecule is COc1cc(C(=O)NCCNC(=O)c2ccc(C)c(F)c2)c([N+](=O)[O-])cc1OC(F)F. The number of hydrogen-bond acceptors (Lipinski definition) is 6. The third-order valence-electron chi connectivity index (χ3n) is 4.07. The van der Waals surface area contributed by atoms with Crippen LogP contribution in [-0.4, -0.2) is 43.5 Å². The molecule has 2 aromatic carbocycles. The first-order chi connectivity index (χ1) is 14.6. The Hall–Kier alpha value is -3.83. The van der Waals surface area contributed by atoms with Gasteiger partial charge in [0.2, 0.25) is 0 Å². The van der Waals surface area contributed by atoms with Crippen molar-refractivity contribution < 1.29 is 37.2 Å². The van der Waals surface area contributed by atoms with Gasteiger partial charge in [0.05, 0.1) is 18.1 Å². The maximum Gasteiger partial charge on any atom is 0.387 e. The van der Waals surface area contributed by atoms with E-state index >= 15 is 0 Å². The lowest BCUT2D eigenvalue weighted by Crippen LogP contribution is -2.35. The molecule has 0 radical (unpaired) electrons. The minimum atomic E-state index is -3.25. The number of alkyl halides is 2. The molecule has 2 aromatic rings. The summed E-state index contributed by atoms with van der Waals surface area (Å²) in [7, 11) is 1.12.